The molecule has 0 radical (unpaired) electrons. The topological polar surface area (TPSA) is 46.2 Å². The van der Waals surface area contributed by atoms with Crippen molar-refractivity contribution >= 4 is 11.3 Å². The first-order valence-corrected chi connectivity index (χ1v) is 4.69. The van der Waals surface area contributed by atoms with E-state index in [0.29, 0.717) is 11.0 Å². The van der Waals surface area contributed by atoms with Crippen LogP contribution in [0.3, 0.4) is 0 Å². The van der Waals surface area contributed by atoms with E-state index in [1.54, 1.807) is 0 Å². The highest BCUT2D eigenvalue weighted by atomic mass is 32.1. The fourth-order valence-corrected chi connectivity index (χ4v) is 1.96. The van der Waals surface area contributed by atoms with Gasteiger partial charge in [-0.25, -0.2) is 0 Å². The normalized spacial score (nSPS) is 20.1. The summed E-state index contributed by atoms with van der Waals surface area (Å²) < 4.78 is 0. The average molecular weight is 169 g/mol. The molecule has 0 aromatic carbocycles. The van der Waals surface area contributed by atoms with Crippen molar-refractivity contribution in [3.63, 3.8) is 0 Å². The van der Waals surface area contributed by atoms with Gasteiger partial charge in [-0.2, -0.15) is 0 Å². The first-order chi connectivity index (χ1) is 5.29. The second-order valence-corrected chi connectivity index (χ2v) is 3.94. The third kappa shape index (κ3) is 1.26. The lowest BCUT2D eigenvalue weighted by atomic mass is 10.1. The van der Waals surface area contributed by atoms with Gasteiger partial charge in [0.2, 0.25) is 0 Å². The summed E-state index contributed by atoms with van der Waals surface area (Å²) in [5.41, 5.74) is 6.82. The third-order valence-electron chi connectivity index (χ3n) is 2.16. The first kappa shape index (κ1) is 7.13. The summed E-state index contributed by atoms with van der Waals surface area (Å²) in [4.78, 5) is 0. The summed E-state index contributed by atoms with van der Waals surface area (Å²) in [7, 11) is 0. The highest BCUT2D eigenvalue weighted by molar-refractivity contribution is 7.11. The molecule has 1 saturated carbocycles. The minimum absolute atomic E-state index is 0.0706. The minimum Gasteiger partial charge on any atom is -0.499 e. The number of thiophene rings is 1. The Bertz CT molecular complexity index is 254. The van der Waals surface area contributed by atoms with Crippen molar-refractivity contribution in [1.82, 2.24) is 0 Å². The van der Waals surface area contributed by atoms with Crippen LogP contribution in [0.1, 0.15) is 24.4 Å². The molecule has 2 rings (SSSR count). The summed E-state index contributed by atoms with van der Waals surface area (Å²) in [5.74, 6) is 0.621. The predicted octanol–water partition coefficient (Wildman–Crippen LogP) is 1.86. The zero-order chi connectivity index (χ0) is 7.84. The molecule has 0 saturated heterocycles. The fraction of sp³-hybridized carbons (Fsp3) is 0.500. The van der Waals surface area contributed by atoms with E-state index >= 15 is 0 Å². The predicted molar refractivity (Wildman–Crippen MR) is 45.6 cm³/mol. The van der Waals surface area contributed by atoms with Crippen LogP contribution in [0.25, 0.3) is 0 Å². The molecular formula is C8H11NOS. The van der Waals surface area contributed by atoms with E-state index in [4.69, 9.17) is 5.73 Å². The van der Waals surface area contributed by atoms with Gasteiger partial charge in [0.05, 0.1) is 0 Å². The Kier molecular flexibility index (Phi) is 1.62. The van der Waals surface area contributed by atoms with Gasteiger partial charge in [0.1, 0.15) is 0 Å². The van der Waals surface area contributed by atoms with Gasteiger partial charge >= 0.3 is 0 Å². The fourth-order valence-electron chi connectivity index (χ4n) is 1.27. The number of aromatic hydroxyl groups is 1. The SMILES string of the molecule is N[C@H](c1ccsc1O)C1CC1. The Morgan fingerprint density at radius 2 is 2.36 bits per heavy atom. The van der Waals surface area contributed by atoms with Crippen molar-refractivity contribution in [1.29, 1.82) is 0 Å². The first-order valence-electron chi connectivity index (χ1n) is 3.81. The second kappa shape index (κ2) is 2.50. The summed E-state index contributed by atoms with van der Waals surface area (Å²) in [5, 5.41) is 11.6. The van der Waals surface area contributed by atoms with Crippen molar-refractivity contribution in [2.75, 3.05) is 0 Å². The maximum absolute atomic E-state index is 9.34. The van der Waals surface area contributed by atoms with E-state index in [9.17, 15) is 5.11 Å². The van der Waals surface area contributed by atoms with Crippen LogP contribution in [0.15, 0.2) is 11.4 Å². The van der Waals surface area contributed by atoms with E-state index in [0.717, 1.165) is 5.56 Å². The number of rotatable bonds is 2. The number of hydrogen-bond acceptors (Lipinski definition) is 3. The molecule has 1 aromatic heterocycles. The van der Waals surface area contributed by atoms with Gasteiger partial charge in [0, 0.05) is 11.6 Å². The van der Waals surface area contributed by atoms with Gasteiger partial charge in [-0.1, -0.05) is 0 Å². The van der Waals surface area contributed by atoms with Crippen molar-refractivity contribution in [3.8, 4) is 5.06 Å². The molecule has 1 aliphatic rings. The van der Waals surface area contributed by atoms with Gasteiger partial charge in [-0.15, -0.1) is 11.3 Å². The Hall–Kier alpha value is -0.540. The molecular weight excluding hydrogens is 158 g/mol. The number of hydrogen-bond donors (Lipinski definition) is 2. The molecule has 0 unspecified atom stereocenters. The van der Waals surface area contributed by atoms with Crippen molar-refractivity contribution in [2.45, 2.75) is 18.9 Å². The van der Waals surface area contributed by atoms with Crippen LogP contribution in [-0.4, -0.2) is 5.11 Å². The summed E-state index contributed by atoms with van der Waals surface area (Å²) in [6.45, 7) is 0. The van der Waals surface area contributed by atoms with E-state index in [2.05, 4.69) is 0 Å². The molecule has 1 fully saturated rings. The molecule has 1 aromatic rings. The molecule has 0 aliphatic heterocycles. The zero-order valence-corrected chi connectivity index (χ0v) is 6.97. The molecule has 3 heteroatoms. The molecule has 1 atom stereocenters. The van der Waals surface area contributed by atoms with Crippen LogP contribution in [-0.2, 0) is 0 Å². The Balaban J connectivity index is 2.20. The molecule has 0 bridgehead atoms. The minimum atomic E-state index is 0.0706. The molecule has 1 aliphatic carbocycles. The largest absolute Gasteiger partial charge is 0.499 e. The summed E-state index contributed by atoms with van der Waals surface area (Å²) in [6, 6.07) is 1.99. The van der Waals surface area contributed by atoms with Crippen molar-refractivity contribution in [2.24, 2.45) is 11.7 Å². The Morgan fingerprint density at radius 3 is 2.82 bits per heavy atom. The third-order valence-corrected chi connectivity index (χ3v) is 2.89. The Labute approximate surface area is 69.7 Å². The number of nitrogens with two attached hydrogens (primary N) is 1. The van der Waals surface area contributed by atoms with E-state index in [1.807, 2.05) is 11.4 Å². The van der Waals surface area contributed by atoms with Crippen LogP contribution in [0, 0.1) is 5.92 Å². The maximum atomic E-state index is 9.34. The van der Waals surface area contributed by atoms with E-state index < -0.39 is 0 Å². The lowest BCUT2D eigenvalue weighted by Crippen LogP contribution is -2.11. The lowest BCUT2D eigenvalue weighted by molar-refractivity contribution is 0.472. The average Bonchev–Trinajstić information content (AvgIpc) is 2.74. The zero-order valence-electron chi connectivity index (χ0n) is 6.16. The van der Waals surface area contributed by atoms with Gasteiger partial charge < -0.3 is 10.8 Å². The molecule has 2 nitrogen and oxygen atoms in total. The monoisotopic (exact) mass is 169 g/mol. The van der Waals surface area contributed by atoms with Gasteiger partial charge in [-0.3, -0.25) is 0 Å². The molecule has 0 spiro atoms. The Morgan fingerprint density at radius 1 is 1.64 bits per heavy atom. The van der Waals surface area contributed by atoms with Gasteiger partial charge in [0.15, 0.2) is 5.06 Å². The van der Waals surface area contributed by atoms with E-state index in [-0.39, 0.29) is 6.04 Å². The molecule has 60 valence electrons. The van der Waals surface area contributed by atoms with Crippen LogP contribution < -0.4 is 5.73 Å². The lowest BCUT2D eigenvalue weighted by Gasteiger charge is -2.07. The van der Waals surface area contributed by atoms with Gasteiger partial charge in [0.25, 0.3) is 0 Å². The summed E-state index contributed by atoms with van der Waals surface area (Å²) >= 11 is 1.35. The standard InChI is InChI=1S/C8H11NOS/c9-7(5-1-2-5)6-3-4-11-8(6)10/h3-5,7,10H,1-2,9H2/t7-/m0/s1. The molecule has 1 heterocycles. The smallest absolute Gasteiger partial charge is 0.175 e. The maximum Gasteiger partial charge on any atom is 0.175 e. The van der Waals surface area contributed by atoms with E-state index in [1.165, 1.54) is 24.2 Å². The second-order valence-electron chi connectivity index (χ2n) is 3.04. The summed E-state index contributed by atoms with van der Waals surface area (Å²) in [6.07, 6.45) is 2.44. The molecule has 0 amide bonds. The van der Waals surface area contributed by atoms with Crippen molar-refractivity contribution in [3.05, 3.63) is 17.0 Å². The van der Waals surface area contributed by atoms with Crippen LogP contribution in [0.5, 0.6) is 5.06 Å². The van der Waals surface area contributed by atoms with Crippen LogP contribution >= 0.6 is 11.3 Å². The van der Waals surface area contributed by atoms with Crippen LogP contribution in [0.4, 0.5) is 0 Å². The highest BCUT2D eigenvalue weighted by Crippen LogP contribution is 2.43. The molecule has 11 heavy (non-hydrogen) atoms. The van der Waals surface area contributed by atoms with Crippen molar-refractivity contribution < 1.29 is 5.11 Å². The quantitative estimate of drug-likeness (QED) is 0.710. The van der Waals surface area contributed by atoms with Crippen LogP contribution in [0.2, 0.25) is 0 Å². The van der Waals surface area contributed by atoms with Gasteiger partial charge in [-0.05, 0) is 30.2 Å². The molecule has 3 N–H and O–H groups in total. The highest BCUT2D eigenvalue weighted by Gasteiger charge is 2.31.